The number of benzene rings is 1. The number of carboxylic acid groups (broad SMARTS) is 1. The van der Waals surface area contributed by atoms with Crippen molar-refractivity contribution >= 4 is 49.8 Å². The third-order valence-corrected chi connectivity index (χ3v) is 2.65. The Morgan fingerprint density at radius 1 is 1.24 bits per heavy atom. The molecule has 0 bridgehead atoms. The highest BCUT2D eigenvalue weighted by Gasteiger charge is 2.09. The molecule has 0 saturated carbocycles. The fraction of sp³-hybridized carbons (Fsp3) is 0.0909. The van der Waals surface area contributed by atoms with Gasteiger partial charge in [0.05, 0.1) is 0 Å². The molecule has 0 atom stereocenters. The molecule has 0 heterocycles. The van der Waals surface area contributed by atoms with Gasteiger partial charge in [0, 0.05) is 15.9 Å². The van der Waals surface area contributed by atoms with E-state index in [1.54, 1.807) is 12.1 Å². The van der Waals surface area contributed by atoms with Gasteiger partial charge in [-0.15, -0.1) is 0 Å². The quantitative estimate of drug-likeness (QED) is 0.812. The van der Waals surface area contributed by atoms with Crippen LogP contribution in [0.15, 0.2) is 32.8 Å². The Morgan fingerprint density at radius 2 is 1.76 bits per heavy atom. The summed E-state index contributed by atoms with van der Waals surface area (Å²) in [6, 6.07) is 5.32. The third kappa shape index (κ3) is 4.70. The molecule has 0 aliphatic heterocycles. The molecule has 6 heteroatoms. The van der Waals surface area contributed by atoms with Gasteiger partial charge in [-0.2, -0.15) is 0 Å². The minimum Gasteiger partial charge on any atom is -0.477 e. The Kier molecular flexibility index (Phi) is 4.89. The number of carbonyl (C=O) groups excluding carboxylic acids is 1. The van der Waals surface area contributed by atoms with E-state index in [2.05, 4.69) is 37.2 Å². The fourth-order valence-electron chi connectivity index (χ4n) is 1.17. The minimum atomic E-state index is -1.18. The number of hydrogen-bond acceptors (Lipinski definition) is 2. The summed E-state index contributed by atoms with van der Waals surface area (Å²) in [7, 11) is 0. The first kappa shape index (κ1) is 13.9. The number of rotatable bonds is 3. The summed E-state index contributed by atoms with van der Waals surface area (Å²) in [5.74, 6) is -1.61. The van der Waals surface area contributed by atoms with Crippen LogP contribution in [0.2, 0.25) is 0 Å². The van der Waals surface area contributed by atoms with Crippen molar-refractivity contribution in [3.8, 4) is 0 Å². The molecule has 1 aromatic rings. The molecule has 0 aliphatic carbocycles. The zero-order chi connectivity index (χ0) is 13.0. The summed E-state index contributed by atoms with van der Waals surface area (Å²) in [5, 5.41) is 11.2. The Bertz CT molecular complexity index is 477. The van der Waals surface area contributed by atoms with Crippen molar-refractivity contribution in [1.29, 1.82) is 0 Å². The van der Waals surface area contributed by atoms with Gasteiger partial charge in [0.2, 0.25) is 5.91 Å². The Balaban J connectivity index is 3.12. The fourth-order valence-corrected chi connectivity index (χ4v) is 2.50. The van der Waals surface area contributed by atoms with Crippen LogP contribution < -0.4 is 5.32 Å². The van der Waals surface area contributed by atoms with E-state index in [1.807, 2.05) is 6.07 Å². The summed E-state index contributed by atoms with van der Waals surface area (Å²) >= 11 is 6.59. The van der Waals surface area contributed by atoms with Crippen LogP contribution in [0.5, 0.6) is 0 Å². The number of carboxylic acids is 1. The summed E-state index contributed by atoms with van der Waals surface area (Å²) in [6.45, 7) is 1.26. The van der Waals surface area contributed by atoms with E-state index in [9.17, 15) is 9.59 Å². The summed E-state index contributed by atoms with van der Waals surface area (Å²) < 4.78 is 1.62. The average Bonchev–Trinajstić information content (AvgIpc) is 2.13. The van der Waals surface area contributed by atoms with Crippen LogP contribution >= 0.6 is 31.9 Å². The molecule has 2 N–H and O–H groups in total. The van der Waals surface area contributed by atoms with E-state index in [0.717, 1.165) is 8.95 Å². The van der Waals surface area contributed by atoms with Gasteiger partial charge in [-0.25, -0.2) is 4.79 Å². The zero-order valence-electron chi connectivity index (χ0n) is 8.83. The van der Waals surface area contributed by atoms with Crippen molar-refractivity contribution in [2.45, 2.75) is 6.92 Å². The lowest BCUT2D eigenvalue weighted by molar-refractivity contribution is -0.134. The van der Waals surface area contributed by atoms with Crippen LogP contribution in [0.1, 0.15) is 12.5 Å². The molecular formula is C11H9Br2NO3. The van der Waals surface area contributed by atoms with Crippen LogP contribution in [0, 0.1) is 0 Å². The van der Waals surface area contributed by atoms with Gasteiger partial charge in [0.1, 0.15) is 5.70 Å². The molecule has 0 unspecified atom stereocenters. The second-order valence-corrected chi connectivity index (χ2v) is 5.08. The van der Waals surface area contributed by atoms with Crippen molar-refractivity contribution in [2.24, 2.45) is 0 Å². The highest BCUT2D eigenvalue weighted by molar-refractivity contribution is 9.11. The van der Waals surface area contributed by atoms with E-state index >= 15 is 0 Å². The number of carbonyl (C=O) groups is 2. The maximum Gasteiger partial charge on any atom is 0.352 e. The summed E-state index contributed by atoms with van der Waals surface area (Å²) in [5.41, 5.74) is 0.500. The predicted molar refractivity (Wildman–Crippen MR) is 71.3 cm³/mol. The van der Waals surface area contributed by atoms with Gasteiger partial charge in [-0.1, -0.05) is 31.9 Å². The van der Waals surface area contributed by atoms with Gasteiger partial charge in [-0.3, -0.25) is 4.79 Å². The Hall–Kier alpha value is -1.14. The van der Waals surface area contributed by atoms with Crippen LogP contribution in [0.4, 0.5) is 0 Å². The number of aliphatic carboxylic acids is 1. The molecule has 1 amide bonds. The van der Waals surface area contributed by atoms with Gasteiger partial charge in [0.15, 0.2) is 0 Å². The minimum absolute atomic E-state index is 0.164. The molecule has 0 fully saturated rings. The molecule has 1 aromatic carbocycles. The molecule has 0 aliphatic rings. The Morgan fingerprint density at radius 3 is 2.18 bits per heavy atom. The number of halogens is 2. The summed E-state index contributed by atoms with van der Waals surface area (Å²) in [6.07, 6.45) is 1.39. The molecule has 0 spiro atoms. The van der Waals surface area contributed by atoms with Crippen molar-refractivity contribution in [1.82, 2.24) is 5.32 Å². The highest BCUT2D eigenvalue weighted by Crippen LogP contribution is 2.21. The van der Waals surface area contributed by atoms with Crippen molar-refractivity contribution < 1.29 is 14.7 Å². The van der Waals surface area contributed by atoms with Crippen LogP contribution in [-0.2, 0) is 9.59 Å². The first-order valence-electron chi connectivity index (χ1n) is 4.57. The lowest BCUT2D eigenvalue weighted by Crippen LogP contribution is -2.24. The van der Waals surface area contributed by atoms with E-state index in [0.29, 0.717) is 5.56 Å². The molecule has 0 aromatic heterocycles. The van der Waals surface area contributed by atoms with Gasteiger partial charge in [0.25, 0.3) is 0 Å². The molecule has 0 saturated heterocycles. The first-order chi connectivity index (χ1) is 7.88. The maximum atomic E-state index is 10.9. The second kappa shape index (κ2) is 5.97. The van der Waals surface area contributed by atoms with Crippen LogP contribution in [-0.4, -0.2) is 17.0 Å². The molecule has 17 heavy (non-hydrogen) atoms. The maximum absolute atomic E-state index is 10.9. The van der Waals surface area contributed by atoms with Crippen LogP contribution in [0.3, 0.4) is 0 Å². The highest BCUT2D eigenvalue weighted by atomic mass is 79.9. The SMILES string of the molecule is CC(=O)N/C(=C\c1cc(Br)cc(Br)c1)C(=O)O. The van der Waals surface area contributed by atoms with E-state index in [1.165, 1.54) is 13.0 Å². The monoisotopic (exact) mass is 361 g/mol. The van der Waals surface area contributed by atoms with E-state index < -0.39 is 11.9 Å². The Labute approximate surface area is 115 Å². The van der Waals surface area contributed by atoms with Crippen molar-refractivity contribution in [2.75, 3.05) is 0 Å². The normalized spacial score (nSPS) is 11.1. The first-order valence-corrected chi connectivity index (χ1v) is 6.16. The van der Waals surface area contributed by atoms with Gasteiger partial charge in [-0.05, 0) is 29.8 Å². The number of hydrogen-bond donors (Lipinski definition) is 2. The number of amides is 1. The largest absolute Gasteiger partial charge is 0.477 e. The molecule has 4 nitrogen and oxygen atoms in total. The van der Waals surface area contributed by atoms with E-state index in [-0.39, 0.29) is 5.70 Å². The predicted octanol–water partition coefficient (Wildman–Crippen LogP) is 2.77. The summed E-state index contributed by atoms with van der Waals surface area (Å²) in [4.78, 5) is 21.8. The average molecular weight is 363 g/mol. The lowest BCUT2D eigenvalue weighted by Gasteiger charge is -2.04. The second-order valence-electron chi connectivity index (χ2n) is 3.25. The van der Waals surface area contributed by atoms with E-state index in [4.69, 9.17) is 5.11 Å². The van der Waals surface area contributed by atoms with Crippen molar-refractivity contribution in [3.63, 3.8) is 0 Å². The van der Waals surface area contributed by atoms with Crippen LogP contribution in [0.25, 0.3) is 6.08 Å². The lowest BCUT2D eigenvalue weighted by atomic mass is 10.2. The molecule has 0 radical (unpaired) electrons. The topological polar surface area (TPSA) is 66.4 Å². The van der Waals surface area contributed by atoms with Gasteiger partial charge < -0.3 is 10.4 Å². The zero-order valence-corrected chi connectivity index (χ0v) is 12.0. The molecule has 90 valence electrons. The molecular weight excluding hydrogens is 354 g/mol. The number of nitrogens with one attached hydrogen (secondary N) is 1. The standard InChI is InChI=1S/C11H9Br2NO3/c1-6(15)14-10(11(16)17)4-7-2-8(12)5-9(13)3-7/h2-5H,1H3,(H,14,15)(H,16,17)/b10-4-. The molecule has 1 rings (SSSR count). The third-order valence-electron chi connectivity index (χ3n) is 1.74. The van der Waals surface area contributed by atoms with Crippen molar-refractivity contribution in [3.05, 3.63) is 38.4 Å². The smallest absolute Gasteiger partial charge is 0.352 e. The van der Waals surface area contributed by atoms with Gasteiger partial charge >= 0.3 is 5.97 Å².